The molecule has 0 bridgehead atoms. The smallest absolute Gasteiger partial charge is 0.292 e. The minimum Gasteiger partial charge on any atom is -0.391 e. The van der Waals surface area contributed by atoms with Crippen LogP contribution in [0.1, 0.15) is 41.4 Å². The van der Waals surface area contributed by atoms with Crippen LogP contribution in [0.25, 0.3) is 11.3 Å². The van der Waals surface area contributed by atoms with Crippen molar-refractivity contribution >= 4 is 11.8 Å². The highest BCUT2D eigenvalue weighted by Crippen LogP contribution is 2.45. The summed E-state index contributed by atoms with van der Waals surface area (Å²) in [6.45, 7) is 0.676. The second-order valence-corrected chi connectivity index (χ2v) is 9.24. The predicted molar refractivity (Wildman–Crippen MR) is 122 cm³/mol. The summed E-state index contributed by atoms with van der Waals surface area (Å²) in [7, 11) is 1.71. The van der Waals surface area contributed by atoms with Gasteiger partial charge in [-0.15, -0.1) is 0 Å². The van der Waals surface area contributed by atoms with Crippen molar-refractivity contribution in [1.82, 2.24) is 15.0 Å². The predicted octanol–water partition coefficient (Wildman–Crippen LogP) is 3.67. The molecular formula is C26H26FN3O4. The van der Waals surface area contributed by atoms with E-state index < -0.39 is 23.4 Å². The molecule has 34 heavy (non-hydrogen) atoms. The Balaban J connectivity index is 1.36. The molecule has 1 spiro atoms. The lowest BCUT2D eigenvalue weighted by Crippen LogP contribution is -2.60. The molecule has 176 valence electrons. The van der Waals surface area contributed by atoms with Crippen molar-refractivity contribution in [2.45, 2.75) is 31.4 Å². The number of nitrogens with zero attached hydrogens (tertiary/aromatic N) is 3. The molecule has 2 aromatic carbocycles. The fourth-order valence-corrected chi connectivity index (χ4v) is 5.42. The highest BCUT2D eigenvalue weighted by molar-refractivity contribution is 5.93. The molecule has 2 aliphatic heterocycles. The number of aromatic nitrogens is 1. The van der Waals surface area contributed by atoms with Gasteiger partial charge in [0.1, 0.15) is 11.5 Å². The van der Waals surface area contributed by atoms with Gasteiger partial charge in [0.15, 0.2) is 0 Å². The number of halogens is 1. The fourth-order valence-electron chi connectivity index (χ4n) is 5.42. The standard InChI is InChI=1S/C26H26FN3O4/c1-29-23(17-7-3-2-4-8-17)21(31)15-26(25(29)33)11-6-12-30(16-26)24(32)22-14-20(28-34-22)18-9-5-10-19(27)13-18/h2-5,7-10,13-14,21,23,31H,6,11-12,15-16H2,1H3/t21-,23+,26-/m1/s1. The van der Waals surface area contributed by atoms with Crippen molar-refractivity contribution in [2.24, 2.45) is 5.41 Å². The number of likely N-dealkylation sites (tertiary alicyclic amines) is 2. The Morgan fingerprint density at radius 3 is 2.74 bits per heavy atom. The Hall–Kier alpha value is -3.52. The molecule has 0 saturated carbocycles. The molecule has 0 unspecified atom stereocenters. The molecule has 1 N–H and O–H groups in total. The minimum atomic E-state index is -0.848. The molecule has 3 heterocycles. The van der Waals surface area contributed by atoms with E-state index in [9.17, 15) is 19.1 Å². The molecular weight excluding hydrogens is 437 g/mol. The average Bonchev–Trinajstić information content (AvgIpc) is 3.34. The van der Waals surface area contributed by atoms with E-state index in [2.05, 4.69) is 5.16 Å². The number of benzene rings is 2. The summed E-state index contributed by atoms with van der Waals surface area (Å²) in [5.74, 6) is -0.805. The first-order valence-corrected chi connectivity index (χ1v) is 11.4. The van der Waals surface area contributed by atoms with Gasteiger partial charge in [0.05, 0.1) is 17.6 Å². The van der Waals surface area contributed by atoms with E-state index >= 15 is 0 Å². The van der Waals surface area contributed by atoms with Crippen LogP contribution < -0.4 is 0 Å². The number of hydrogen-bond acceptors (Lipinski definition) is 5. The number of rotatable bonds is 3. The van der Waals surface area contributed by atoms with Crippen LogP contribution in [0.15, 0.2) is 65.2 Å². The van der Waals surface area contributed by atoms with E-state index in [1.54, 1.807) is 29.0 Å². The van der Waals surface area contributed by atoms with E-state index in [1.165, 1.54) is 18.2 Å². The summed E-state index contributed by atoms with van der Waals surface area (Å²) < 4.78 is 18.8. The molecule has 7 nitrogen and oxygen atoms in total. The maximum atomic E-state index is 13.6. The van der Waals surface area contributed by atoms with E-state index in [0.717, 1.165) is 5.56 Å². The van der Waals surface area contributed by atoms with Crippen molar-refractivity contribution < 1.29 is 23.6 Å². The third kappa shape index (κ3) is 3.88. The zero-order chi connectivity index (χ0) is 23.9. The summed E-state index contributed by atoms with van der Waals surface area (Å²) in [5, 5.41) is 15.0. The summed E-state index contributed by atoms with van der Waals surface area (Å²) in [6, 6.07) is 16.5. The molecule has 3 atom stereocenters. The van der Waals surface area contributed by atoms with Crippen LogP contribution in [0.3, 0.4) is 0 Å². The van der Waals surface area contributed by atoms with Crippen LogP contribution in [0.5, 0.6) is 0 Å². The van der Waals surface area contributed by atoms with Gasteiger partial charge in [0.2, 0.25) is 11.7 Å². The fraction of sp³-hybridized carbons (Fsp3) is 0.346. The monoisotopic (exact) mass is 463 g/mol. The molecule has 2 saturated heterocycles. The van der Waals surface area contributed by atoms with E-state index in [-0.39, 0.29) is 30.5 Å². The van der Waals surface area contributed by atoms with Gasteiger partial charge in [0, 0.05) is 31.8 Å². The van der Waals surface area contributed by atoms with Gasteiger partial charge < -0.3 is 19.4 Å². The minimum absolute atomic E-state index is 0.0376. The van der Waals surface area contributed by atoms with Crippen molar-refractivity contribution in [2.75, 3.05) is 20.1 Å². The first kappa shape index (κ1) is 22.3. The number of amides is 2. The molecule has 2 amide bonds. The molecule has 0 radical (unpaired) electrons. The number of aliphatic hydroxyl groups is 1. The lowest BCUT2D eigenvalue weighted by Gasteiger charge is -2.50. The van der Waals surface area contributed by atoms with E-state index in [4.69, 9.17) is 4.52 Å². The van der Waals surface area contributed by atoms with Gasteiger partial charge in [-0.1, -0.05) is 47.6 Å². The molecule has 1 aromatic heterocycles. The first-order valence-electron chi connectivity index (χ1n) is 11.4. The zero-order valence-electron chi connectivity index (χ0n) is 18.9. The molecule has 2 aliphatic rings. The summed E-state index contributed by atoms with van der Waals surface area (Å²) >= 11 is 0. The van der Waals surface area contributed by atoms with Crippen molar-refractivity contribution in [3.8, 4) is 11.3 Å². The molecule has 3 aromatic rings. The first-order chi connectivity index (χ1) is 16.4. The lowest BCUT2D eigenvalue weighted by atomic mass is 9.69. The maximum absolute atomic E-state index is 13.6. The van der Waals surface area contributed by atoms with Gasteiger partial charge in [-0.3, -0.25) is 9.59 Å². The highest BCUT2D eigenvalue weighted by atomic mass is 19.1. The van der Waals surface area contributed by atoms with Gasteiger partial charge in [-0.25, -0.2) is 4.39 Å². The van der Waals surface area contributed by atoms with Crippen molar-refractivity contribution in [3.63, 3.8) is 0 Å². The normalized spacial score (nSPS) is 25.1. The SMILES string of the molecule is CN1C(=O)[C@]2(CCCN(C(=O)c3cc(-c4cccc(F)c4)no3)C2)C[C@@H](O)[C@@H]1c1ccccc1. The molecule has 0 aliphatic carbocycles. The Morgan fingerprint density at radius 1 is 1.18 bits per heavy atom. The average molecular weight is 464 g/mol. The van der Waals surface area contributed by atoms with Crippen LogP contribution >= 0.6 is 0 Å². The van der Waals surface area contributed by atoms with Crippen LogP contribution in [-0.2, 0) is 4.79 Å². The Morgan fingerprint density at radius 2 is 1.97 bits per heavy atom. The largest absolute Gasteiger partial charge is 0.391 e. The molecule has 5 rings (SSSR count). The second-order valence-electron chi connectivity index (χ2n) is 9.24. The van der Waals surface area contributed by atoms with Gasteiger partial charge >= 0.3 is 0 Å². The third-order valence-electron chi connectivity index (χ3n) is 7.00. The van der Waals surface area contributed by atoms with Crippen molar-refractivity contribution in [3.05, 3.63) is 77.8 Å². The van der Waals surface area contributed by atoms with Crippen LogP contribution in [0, 0.1) is 11.2 Å². The Kier molecular flexibility index (Phi) is 5.69. The number of hydrogen-bond donors (Lipinski definition) is 1. The number of carbonyl (C=O) groups is 2. The van der Waals surface area contributed by atoms with Crippen LogP contribution in [0.2, 0.25) is 0 Å². The van der Waals surface area contributed by atoms with Crippen molar-refractivity contribution in [1.29, 1.82) is 0 Å². The Labute approximate surface area is 196 Å². The van der Waals surface area contributed by atoms with Gasteiger partial charge in [0.25, 0.3) is 5.91 Å². The van der Waals surface area contributed by atoms with Crippen LogP contribution in [-0.4, -0.2) is 58.1 Å². The van der Waals surface area contributed by atoms with Crippen LogP contribution in [0.4, 0.5) is 4.39 Å². The van der Waals surface area contributed by atoms with E-state index in [1.807, 2.05) is 30.3 Å². The quantitative estimate of drug-likeness (QED) is 0.641. The molecule has 8 heteroatoms. The number of piperidine rings is 2. The second kappa shape index (κ2) is 8.68. The summed E-state index contributed by atoms with van der Waals surface area (Å²) in [6.07, 6.45) is 0.775. The van der Waals surface area contributed by atoms with Gasteiger partial charge in [-0.05, 0) is 37.0 Å². The van der Waals surface area contributed by atoms with Gasteiger partial charge in [-0.2, -0.15) is 0 Å². The lowest BCUT2D eigenvalue weighted by molar-refractivity contribution is -0.161. The molecule has 2 fully saturated rings. The Bertz CT molecular complexity index is 1210. The maximum Gasteiger partial charge on any atom is 0.292 e. The van der Waals surface area contributed by atoms with E-state index in [0.29, 0.717) is 30.6 Å². The zero-order valence-corrected chi connectivity index (χ0v) is 18.9. The number of likely N-dealkylation sites (N-methyl/N-ethyl adjacent to an activating group) is 1. The topological polar surface area (TPSA) is 86.9 Å². The number of carbonyl (C=O) groups excluding carboxylic acids is 2. The number of aliphatic hydroxyl groups excluding tert-OH is 1. The third-order valence-corrected chi connectivity index (χ3v) is 7.00. The highest BCUT2D eigenvalue weighted by Gasteiger charge is 2.52. The summed E-state index contributed by atoms with van der Waals surface area (Å²) in [4.78, 5) is 30.0. The summed E-state index contributed by atoms with van der Waals surface area (Å²) in [5.41, 5.74) is 0.913.